The summed E-state index contributed by atoms with van der Waals surface area (Å²) < 4.78 is 0. The zero-order valence-electron chi connectivity index (χ0n) is 10.9. The quantitative estimate of drug-likeness (QED) is 0.871. The van der Waals surface area contributed by atoms with Gasteiger partial charge in [-0.05, 0) is 18.9 Å². The van der Waals surface area contributed by atoms with Crippen LogP contribution in [0, 0.1) is 5.92 Å². The lowest BCUT2D eigenvalue weighted by atomic mass is 10.0. The van der Waals surface area contributed by atoms with Crippen LogP contribution in [0.25, 0.3) is 0 Å². The molecule has 1 aliphatic rings. The Morgan fingerprint density at radius 3 is 2.63 bits per heavy atom. The maximum absolute atomic E-state index is 12.0. The topological polar surface area (TPSA) is 69.6 Å². The van der Waals surface area contributed by atoms with Gasteiger partial charge >= 0.3 is 12.0 Å². The van der Waals surface area contributed by atoms with Crippen LogP contribution in [0.15, 0.2) is 30.3 Å². The van der Waals surface area contributed by atoms with E-state index in [1.807, 2.05) is 30.3 Å². The molecule has 2 atom stereocenters. The minimum Gasteiger partial charge on any atom is -0.481 e. The fraction of sp³-hybridized carbons (Fsp3) is 0.429. The number of carboxylic acid groups (broad SMARTS) is 1. The van der Waals surface area contributed by atoms with Crippen molar-refractivity contribution in [1.82, 2.24) is 10.2 Å². The molecule has 1 saturated heterocycles. The van der Waals surface area contributed by atoms with Crippen molar-refractivity contribution < 1.29 is 14.7 Å². The first-order valence-corrected chi connectivity index (χ1v) is 6.41. The normalized spacial score (nSPS) is 22.3. The van der Waals surface area contributed by atoms with Gasteiger partial charge in [0.25, 0.3) is 0 Å². The van der Waals surface area contributed by atoms with E-state index in [1.54, 1.807) is 11.8 Å². The van der Waals surface area contributed by atoms with Crippen molar-refractivity contribution >= 4 is 12.0 Å². The number of benzene rings is 1. The van der Waals surface area contributed by atoms with E-state index in [4.69, 9.17) is 5.11 Å². The Bertz CT molecular complexity index is 461. The van der Waals surface area contributed by atoms with Gasteiger partial charge in [-0.1, -0.05) is 30.3 Å². The molecular weight excluding hydrogens is 244 g/mol. The molecule has 0 saturated carbocycles. The molecule has 1 heterocycles. The number of likely N-dealkylation sites (tertiary alicyclic amines) is 1. The number of hydrogen-bond donors (Lipinski definition) is 2. The van der Waals surface area contributed by atoms with E-state index in [-0.39, 0.29) is 12.1 Å². The Kier molecular flexibility index (Phi) is 4.04. The number of urea groups is 1. The van der Waals surface area contributed by atoms with Crippen LogP contribution in [0.2, 0.25) is 0 Å². The highest BCUT2D eigenvalue weighted by Gasteiger charge is 2.37. The van der Waals surface area contributed by atoms with E-state index in [0.717, 1.165) is 5.56 Å². The zero-order chi connectivity index (χ0) is 13.8. The predicted octanol–water partition coefficient (Wildman–Crippen LogP) is 1.69. The van der Waals surface area contributed by atoms with E-state index in [2.05, 4.69) is 5.32 Å². The molecule has 1 aromatic carbocycles. The molecule has 5 heteroatoms. The van der Waals surface area contributed by atoms with Crippen molar-refractivity contribution in [3.8, 4) is 0 Å². The van der Waals surface area contributed by atoms with Crippen molar-refractivity contribution in [2.45, 2.75) is 25.9 Å². The summed E-state index contributed by atoms with van der Waals surface area (Å²) in [4.78, 5) is 24.6. The molecule has 0 radical (unpaired) electrons. The van der Waals surface area contributed by atoms with Gasteiger partial charge in [0.2, 0.25) is 0 Å². The number of hydrogen-bond acceptors (Lipinski definition) is 2. The third-order valence-corrected chi connectivity index (χ3v) is 3.62. The average Bonchev–Trinajstić information content (AvgIpc) is 2.79. The van der Waals surface area contributed by atoms with Crippen molar-refractivity contribution in [2.24, 2.45) is 5.92 Å². The van der Waals surface area contributed by atoms with E-state index in [9.17, 15) is 9.59 Å². The fourth-order valence-electron chi connectivity index (χ4n) is 2.43. The van der Waals surface area contributed by atoms with Crippen LogP contribution in [-0.2, 0) is 11.3 Å². The standard InChI is InChI=1S/C14H18N2O3/c1-10-12(13(17)18)7-8-16(10)14(19)15-9-11-5-3-2-4-6-11/h2-6,10,12H,7-9H2,1H3,(H,15,19)(H,17,18). The molecule has 102 valence electrons. The molecule has 1 aliphatic heterocycles. The van der Waals surface area contributed by atoms with Crippen LogP contribution in [0.3, 0.4) is 0 Å². The summed E-state index contributed by atoms with van der Waals surface area (Å²) in [6.07, 6.45) is 0.523. The van der Waals surface area contributed by atoms with Crippen molar-refractivity contribution in [2.75, 3.05) is 6.54 Å². The minimum atomic E-state index is -0.828. The fourth-order valence-corrected chi connectivity index (χ4v) is 2.43. The summed E-state index contributed by atoms with van der Waals surface area (Å²) >= 11 is 0. The van der Waals surface area contributed by atoms with Gasteiger partial charge in [0.05, 0.1) is 5.92 Å². The van der Waals surface area contributed by atoms with Crippen LogP contribution in [0.4, 0.5) is 4.79 Å². The third-order valence-electron chi connectivity index (χ3n) is 3.62. The van der Waals surface area contributed by atoms with E-state index in [0.29, 0.717) is 19.5 Å². The maximum Gasteiger partial charge on any atom is 0.317 e. The molecule has 19 heavy (non-hydrogen) atoms. The molecule has 0 aromatic heterocycles. The summed E-state index contributed by atoms with van der Waals surface area (Å²) in [5.41, 5.74) is 1.03. The molecule has 1 fully saturated rings. The Labute approximate surface area is 112 Å². The second-order valence-electron chi connectivity index (χ2n) is 4.81. The van der Waals surface area contributed by atoms with E-state index >= 15 is 0 Å². The number of nitrogens with one attached hydrogen (secondary N) is 1. The number of amides is 2. The molecule has 2 amide bonds. The number of carbonyl (C=O) groups excluding carboxylic acids is 1. The largest absolute Gasteiger partial charge is 0.481 e. The second kappa shape index (κ2) is 5.73. The number of carbonyl (C=O) groups is 2. The van der Waals surface area contributed by atoms with Crippen molar-refractivity contribution in [1.29, 1.82) is 0 Å². The first-order chi connectivity index (χ1) is 9.09. The van der Waals surface area contributed by atoms with Crippen molar-refractivity contribution in [3.63, 3.8) is 0 Å². The van der Waals surface area contributed by atoms with Crippen LogP contribution in [0.5, 0.6) is 0 Å². The SMILES string of the molecule is CC1C(C(=O)O)CCN1C(=O)NCc1ccccc1. The van der Waals surface area contributed by atoms with Gasteiger partial charge < -0.3 is 15.3 Å². The van der Waals surface area contributed by atoms with Crippen LogP contribution in [-0.4, -0.2) is 34.6 Å². The van der Waals surface area contributed by atoms with E-state index < -0.39 is 11.9 Å². The molecule has 2 unspecified atom stereocenters. The molecule has 1 aromatic rings. The first-order valence-electron chi connectivity index (χ1n) is 6.41. The van der Waals surface area contributed by atoms with Crippen LogP contribution >= 0.6 is 0 Å². The average molecular weight is 262 g/mol. The molecule has 0 aliphatic carbocycles. The lowest BCUT2D eigenvalue weighted by molar-refractivity contribution is -0.142. The Balaban J connectivity index is 1.89. The van der Waals surface area contributed by atoms with Crippen LogP contribution in [0.1, 0.15) is 18.9 Å². The molecule has 5 nitrogen and oxygen atoms in total. The second-order valence-corrected chi connectivity index (χ2v) is 4.81. The summed E-state index contributed by atoms with van der Waals surface area (Å²) in [5, 5.41) is 11.9. The first kappa shape index (κ1) is 13.4. The molecule has 0 spiro atoms. The summed E-state index contributed by atoms with van der Waals surface area (Å²) in [5.74, 6) is -1.28. The summed E-state index contributed by atoms with van der Waals surface area (Å²) in [6.45, 7) is 2.74. The molecule has 2 rings (SSSR count). The van der Waals surface area contributed by atoms with E-state index in [1.165, 1.54) is 0 Å². The summed E-state index contributed by atoms with van der Waals surface area (Å²) in [7, 11) is 0. The highest BCUT2D eigenvalue weighted by molar-refractivity contribution is 5.78. The van der Waals surface area contributed by atoms with Crippen molar-refractivity contribution in [3.05, 3.63) is 35.9 Å². The lowest BCUT2D eigenvalue weighted by Crippen LogP contribution is -2.43. The monoisotopic (exact) mass is 262 g/mol. The third kappa shape index (κ3) is 3.05. The maximum atomic E-state index is 12.0. The number of rotatable bonds is 3. The molecular formula is C14H18N2O3. The van der Waals surface area contributed by atoms with Gasteiger partial charge in [0.15, 0.2) is 0 Å². The number of carboxylic acids is 1. The van der Waals surface area contributed by atoms with Gasteiger partial charge in [-0.25, -0.2) is 4.79 Å². The lowest BCUT2D eigenvalue weighted by Gasteiger charge is -2.23. The molecule has 2 N–H and O–H groups in total. The van der Waals surface area contributed by atoms with Crippen LogP contribution < -0.4 is 5.32 Å². The Hall–Kier alpha value is -2.04. The van der Waals surface area contributed by atoms with Gasteiger partial charge in [0.1, 0.15) is 0 Å². The smallest absolute Gasteiger partial charge is 0.317 e. The Morgan fingerprint density at radius 2 is 2.05 bits per heavy atom. The van der Waals surface area contributed by atoms with Gasteiger partial charge in [-0.2, -0.15) is 0 Å². The summed E-state index contributed by atoms with van der Waals surface area (Å²) in [6, 6.07) is 9.18. The highest BCUT2D eigenvalue weighted by Crippen LogP contribution is 2.24. The minimum absolute atomic E-state index is 0.194. The number of aliphatic carboxylic acids is 1. The Morgan fingerprint density at radius 1 is 1.37 bits per heavy atom. The predicted molar refractivity (Wildman–Crippen MR) is 70.6 cm³/mol. The zero-order valence-corrected chi connectivity index (χ0v) is 10.9. The number of nitrogens with zero attached hydrogens (tertiary/aromatic N) is 1. The van der Waals surface area contributed by atoms with Gasteiger partial charge in [-0.15, -0.1) is 0 Å². The van der Waals surface area contributed by atoms with Gasteiger partial charge in [0, 0.05) is 19.1 Å². The molecule has 0 bridgehead atoms. The highest BCUT2D eigenvalue weighted by atomic mass is 16.4. The van der Waals surface area contributed by atoms with Gasteiger partial charge in [-0.3, -0.25) is 4.79 Å².